The van der Waals surface area contributed by atoms with E-state index in [1.165, 1.54) is 0 Å². The van der Waals surface area contributed by atoms with E-state index >= 15 is 0 Å². The largest absolute Gasteiger partial charge is 0.439 e. The summed E-state index contributed by atoms with van der Waals surface area (Å²) >= 11 is 5.91. The Morgan fingerprint density at radius 2 is 1.75 bits per heavy atom. The summed E-state index contributed by atoms with van der Waals surface area (Å²) in [6.07, 6.45) is 3.49. The van der Waals surface area contributed by atoms with E-state index in [1.807, 2.05) is 43.3 Å². The minimum Gasteiger partial charge on any atom is -0.439 e. The van der Waals surface area contributed by atoms with Crippen molar-refractivity contribution in [3.63, 3.8) is 0 Å². The lowest BCUT2D eigenvalue weighted by molar-refractivity contribution is 0.457. The fraction of sp³-hybridized carbons (Fsp3) is 0.190. The first kappa shape index (κ1) is 20.3. The van der Waals surface area contributed by atoms with E-state index in [0.29, 0.717) is 23.1 Å². The van der Waals surface area contributed by atoms with E-state index in [0.717, 1.165) is 22.9 Å². The van der Waals surface area contributed by atoms with E-state index < -0.39 is 10.0 Å². The monoisotopic (exact) mass is 416 g/mol. The van der Waals surface area contributed by atoms with Crippen LogP contribution >= 0.6 is 11.6 Å². The summed E-state index contributed by atoms with van der Waals surface area (Å²) in [5.74, 6) is 1.21. The normalized spacial score (nSPS) is 12.5. The van der Waals surface area contributed by atoms with Gasteiger partial charge in [-0.1, -0.05) is 41.9 Å². The Labute approximate surface area is 170 Å². The van der Waals surface area contributed by atoms with Gasteiger partial charge in [0.15, 0.2) is 0 Å². The highest BCUT2D eigenvalue weighted by Crippen LogP contribution is 2.26. The predicted octanol–water partition coefficient (Wildman–Crippen LogP) is 4.73. The van der Waals surface area contributed by atoms with Gasteiger partial charge in [0.25, 0.3) is 0 Å². The molecule has 146 valence electrons. The van der Waals surface area contributed by atoms with Crippen molar-refractivity contribution in [2.45, 2.75) is 19.4 Å². The molecule has 0 bridgehead atoms. The highest BCUT2D eigenvalue weighted by Gasteiger charge is 2.12. The van der Waals surface area contributed by atoms with Crippen LogP contribution in [0.4, 0.5) is 0 Å². The molecule has 0 fully saturated rings. The van der Waals surface area contributed by atoms with Crippen molar-refractivity contribution in [3.8, 4) is 11.6 Å². The Morgan fingerprint density at radius 1 is 1.07 bits per heavy atom. The molecule has 0 amide bonds. The minimum absolute atomic E-state index is 0.286. The molecule has 0 saturated heterocycles. The maximum absolute atomic E-state index is 11.4. The van der Waals surface area contributed by atoms with Crippen molar-refractivity contribution >= 4 is 21.6 Å². The van der Waals surface area contributed by atoms with Gasteiger partial charge in [-0.25, -0.2) is 18.1 Å². The molecule has 2 aromatic carbocycles. The minimum atomic E-state index is -3.25. The van der Waals surface area contributed by atoms with E-state index in [9.17, 15) is 8.42 Å². The molecule has 0 radical (unpaired) electrons. The molecule has 0 unspecified atom stereocenters. The second-order valence-corrected chi connectivity index (χ2v) is 8.77. The van der Waals surface area contributed by atoms with Gasteiger partial charge >= 0.3 is 0 Å². The van der Waals surface area contributed by atoms with Crippen LogP contribution in [-0.4, -0.2) is 19.7 Å². The molecule has 0 aliphatic heterocycles. The molecule has 3 aromatic rings. The molecule has 0 saturated carbocycles. The Bertz CT molecular complexity index is 1040. The molecule has 0 spiro atoms. The fourth-order valence-corrected chi connectivity index (χ4v) is 3.70. The van der Waals surface area contributed by atoms with Gasteiger partial charge in [-0.2, -0.15) is 0 Å². The average Bonchev–Trinajstić information content (AvgIpc) is 2.64. The summed E-state index contributed by atoms with van der Waals surface area (Å²) in [6.45, 7) is 1.81. The lowest BCUT2D eigenvalue weighted by atomic mass is 10.0. The zero-order chi connectivity index (χ0) is 20.1. The van der Waals surface area contributed by atoms with Crippen molar-refractivity contribution in [2.24, 2.45) is 0 Å². The van der Waals surface area contributed by atoms with Crippen LogP contribution < -0.4 is 9.46 Å². The first-order chi connectivity index (χ1) is 13.3. The first-order valence-electron chi connectivity index (χ1n) is 8.73. The third-order valence-electron chi connectivity index (χ3n) is 4.14. The number of halogens is 1. The Kier molecular flexibility index (Phi) is 6.34. The molecule has 7 heteroatoms. The number of nitrogens with one attached hydrogen (secondary N) is 1. The summed E-state index contributed by atoms with van der Waals surface area (Å²) < 4.78 is 31.3. The van der Waals surface area contributed by atoms with E-state index in [2.05, 4.69) is 9.71 Å². The molecular weight excluding hydrogens is 396 g/mol. The van der Waals surface area contributed by atoms with Crippen molar-refractivity contribution < 1.29 is 13.2 Å². The lowest BCUT2D eigenvalue weighted by Gasteiger charge is -2.14. The standard InChI is InChI=1S/C21H21ClN2O3S/c1-15(24-28(2,25)26)17-7-5-16(6-8-17)14-18-4-3-13-23-21(18)27-20-11-9-19(22)10-12-20/h3-13,15,24H,14H2,1-2H3/t15-/m0/s1. The number of ether oxygens (including phenoxy) is 1. The second-order valence-electron chi connectivity index (χ2n) is 6.55. The number of rotatable bonds is 7. The van der Waals surface area contributed by atoms with Gasteiger partial charge in [-0.3, -0.25) is 0 Å². The molecule has 0 aliphatic carbocycles. The van der Waals surface area contributed by atoms with Crippen LogP contribution in [0.3, 0.4) is 0 Å². The van der Waals surface area contributed by atoms with E-state index in [-0.39, 0.29) is 6.04 Å². The molecule has 0 aliphatic rings. The number of aromatic nitrogens is 1. The number of sulfonamides is 1. The van der Waals surface area contributed by atoms with Crippen LogP contribution in [0.25, 0.3) is 0 Å². The topological polar surface area (TPSA) is 68.3 Å². The van der Waals surface area contributed by atoms with Crippen LogP contribution in [-0.2, 0) is 16.4 Å². The maximum atomic E-state index is 11.4. The molecule has 5 nitrogen and oxygen atoms in total. The third kappa shape index (κ3) is 5.79. The van der Waals surface area contributed by atoms with Gasteiger partial charge in [0.2, 0.25) is 15.9 Å². The Hall–Kier alpha value is -2.41. The van der Waals surface area contributed by atoms with Crippen LogP contribution in [0.1, 0.15) is 29.7 Å². The van der Waals surface area contributed by atoms with Gasteiger partial charge in [0, 0.05) is 29.2 Å². The quantitative estimate of drug-likeness (QED) is 0.604. The number of hydrogen-bond acceptors (Lipinski definition) is 4. The zero-order valence-electron chi connectivity index (χ0n) is 15.6. The number of nitrogens with zero attached hydrogens (tertiary/aromatic N) is 1. The van der Waals surface area contributed by atoms with Gasteiger partial charge in [-0.05, 0) is 48.4 Å². The van der Waals surface area contributed by atoms with Crippen LogP contribution in [0.5, 0.6) is 11.6 Å². The molecule has 1 heterocycles. The SMILES string of the molecule is C[C@H](NS(C)(=O)=O)c1ccc(Cc2cccnc2Oc2ccc(Cl)cc2)cc1. The highest BCUT2D eigenvalue weighted by atomic mass is 35.5. The van der Waals surface area contributed by atoms with Crippen LogP contribution in [0.2, 0.25) is 5.02 Å². The van der Waals surface area contributed by atoms with E-state index in [4.69, 9.17) is 16.3 Å². The van der Waals surface area contributed by atoms with Crippen molar-refractivity contribution in [1.82, 2.24) is 9.71 Å². The molecule has 28 heavy (non-hydrogen) atoms. The molecular formula is C21H21ClN2O3S. The third-order valence-corrected chi connectivity index (χ3v) is 5.18. The summed E-state index contributed by atoms with van der Waals surface area (Å²) in [6, 6.07) is 18.5. The second kappa shape index (κ2) is 8.73. The first-order valence-corrected chi connectivity index (χ1v) is 11.0. The van der Waals surface area contributed by atoms with Crippen molar-refractivity contribution in [3.05, 3.63) is 88.6 Å². The zero-order valence-corrected chi connectivity index (χ0v) is 17.2. The molecule has 1 atom stereocenters. The molecule has 3 rings (SSSR count). The smallest absolute Gasteiger partial charge is 0.222 e. The maximum Gasteiger partial charge on any atom is 0.222 e. The van der Waals surface area contributed by atoms with Gasteiger partial charge in [0.05, 0.1) is 6.26 Å². The van der Waals surface area contributed by atoms with E-state index in [1.54, 1.807) is 30.5 Å². The van der Waals surface area contributed by atoms with Crippen LogP contribution in [0.15, 0.2) is 66.9 Å². The van der Waals surface area contributed by atoms with Crippen LogP contribution in [0, 0.1) is 0 Å². The summed E-state index contributed by atoms with van der Waals surface area (Å²) in [5, 5.41) is 0.647. The predicted molar refractivity (Wildman–Crippen MR) is 111 cm³/mol. The molecule has 1 aromatic heterocycles. The van der Waals surface area contributed by atoms with Gasteiger partial charge in [-0.15, -0.1) is 0 Å². The fourth-order valence-electron chi connectivity index (χ4n) is 2.80. The number of benzene rings is 2. The molecule has 1 N–H and O–H groups in total. The summed E-state index contributed by atoms with van der Waals surface area (Å²) in [4.78, 5) is 4.35. The van der Waals surface area contributed by atoms with Crippen molar-refractivity contribution in [2.75, 3.05) is 6.26 Å². The van der Waals surface area contributed by atoms with Crippen molar-refractivity contribution in [1.29, 1.82) is 0 Å². The summed E-state index contributed by atoms with van der Waals surface area (Å²) in [5.41, 5.74) is 2.93. The Balaban J connectivity index is 1.74. The average molecular weight is 417 g/mol. The number of pyridine rings is 1. The van der Waals surface area contributed by atoms with Gasteiger partial charge in [0.1, 0.15) is 5.75 Å². The number of hydrogen-bond donors (Lipinski definition) is 1. The summed E-state index contributed by atoms with van der Waals surface area (Å²) in [7, 11) is -3.25. The Morgan fingerprint density at radius 3 is 2.39 bits per heavy atom. The highest BCUT2D eigenvalue weighted by molar-refractivity contribution is 7.88. The van der Waals surface area contributed by atoms with Gasteiger partial charge < -0.3 is 4.74 Å². The lowest BCUT2D eigenvalue weighted by Crippen LogP contribution is -2.25.